The molecule has 2 atom stereocenters. The number of hydrogen-bond donors (Lipinski definition) is 1. The largest absolute Gasteiger partial charge is 0.330 e. The Balaban J connectivity index is 1.48. The highest BCUT2D eigenvalue weighted by atomic mass is 19.2. The third-order valence-electron chi connectivity index (χ3n) is 5.92. The van der Waals surface area contributed by atoms with Gasteiger partial charge in [-0.05, 0) is 49.5 Å². The molecular weight excluding hydrogens is 412 g/mol. The second-order valence-corrected chi connectivity index (χ2v) is 8.38. The number of aryl methyl sites for hydroxylation is 1. The van der Waals surface area contributed by atoms with E-state index in [0.29, 0.717) is 25.1 Å². The average molecular weight is 440 g/mol. The molecule has 0 bridgehead atoms. The van der Waals surface area contributed by atoms with Crippen LogP contribution in [0.3, 0.4) is 0 Å². The first-order valence-corrected chi connectivity index (χ1v) is 10.8. The van der Waals surface area contributed by atoms with Crippen molar-refractivity contribution >= 4 is 5.91 Å². The van der Waals surface area contributed by atoms with Gasteiger partial charge < -0.3 is 15.2 Å². The van der Waals surface area contributed by atoms with Gasteiger partial charge >= 0.3 is 0 Å². The zero-order valence-corrected chi connectivity index (χ0v) is 18.0. The van der Waals surface area contributed by atoms with Crippen molar-refractivity contribution in [2.24, 2.45) is 5.73 Å². The van der Waals surface area contributed by atoms with Gasteiger partial charge in [-0.3, -0.25) is 4.79 Å². The molecule has 2 aromatic rings. The minimum Gasteiger partial charge on any atom is -0.330 e. The fourth-order valence-corrected chi connectivity index (χ4v) is 4.25. The van der Waals surface area contributed by atoms with Crippen molar-refractivity contribution in [3.8, 4) is 0 Å². The first-order chi connectivity index (χ1) is 15.4. The molecule has 6 nitrogen and oxygen atoms in total. The van der Waals surface area contributed by atoms with Crippen LogP contribution in [0.15, 0.2) is 54.2 Å². The standard InChI is InChI=1S/C24H27F2N5O/c1-16-28-29-23-15-31(20(14-30(16)23)11-17-6-4-2-3-5-7-17)24(32)13-19(27)10-18-8-9-21(25)22(26)12-18/h2,4-9,12,19-20H,3,10-11,13-15,27H2,1H3/t19-,20?/m1/s1. The van der Waals surface area contributed by atoms with Gasteiger partial charge in [0.1, 0.15) is 5.82 Å². The Bertz CT molecular complexity index is 1090. The molecule has 1 unspecified atom stereocenters. The number of carbonyl (C=O) groups excluding carboxylic acids is 1. The molecule has 2 heterocycles. The lowest BCUT2D eigenvalue weighted by atomic mass is 9.99. The topological polar surface area (TPSA) is 77.0 Å². The molecule has 168 valence electrons. The summed E-state index contributed by atoms with van der Waals surface area (Å²) < 4.78 is 28.7. The summed E-state index contributed by atoms with van der Waals surface area (Å²) in [6.07, 6.45) is 12.4. The second kappa shape index (κ2) is 9.56. The first kappa shape index (κ1) is 22.1. The lowest BCUT2D eigenvalue weighted by molar-refractivity contribution is -0.136. The number of carbonyl (C=O) groups is 1. The van der Waals surface area contributed by atoms with E-state index in [-0.39, 0.29) is 24.8 Å². The predicted octanol–water partition coefficient (Wildman–Crippen LogP) is 3.37. The lowest BCUT2D eigenvalue weighted by Gasteiger charge is -2.37. The maximum absolute atomic E-state index is 13.5. The molecule has 0 saturated carbocycles. The van der Waals surface area contributed by atoms with Crippen LogP contribution in [0, 0.1) is 18.6 Å². The van der Waals surface area contributed by atoms with Gasteiger partial charge in [-0.2, -0.15) is 0 Å². The van der Waals surface area contributed by atoms with Crippen molar-refractivity contribution in [3.05, 3.63) is 83.0 Å². The first-order valence-electron chi connectivity index (χ1n) is 10.8. The maximum atomic E-state index is 13.5. The minimum atomic E-state index is -0.911. The number of aromatic nitrogens is 3. The quantitative estimate of drug-likeness (QED) is 0.749. The van der Waals surface area contributed by atoms with Crippen LogP contribution >= 0.6 is 0 Å². The van der Waals surface area contributed by atoms with E-state index in [1.165, 1.54) is 6.07 Å². The summed E-state index contributed by atoms with van der Waals surface area (Å²) in [4.78, 5) is 15.1. The fraction of sp³-hybridized carbons (Fsp3) is 0.375. The average Bonchev–Trinajstić information content (AvgIpc) is 2.95. The highest BCUT2D eigenvalue weighted by molar-refractivity contribution is 5.77. The number of benzene rings is 1. The van der Waals surface area contributed by atoms with Crippen molar-refractivity contribution < 1.29 is 13.6 Å². The normalized spacial score (nSPS) is 18.8. The summed E-state index contributed by atoms with van der Waals surface area (Å²) in [6, 6.07) is 3.15. The third kappa shape index (κ3) is 5.02. The van der Waals surface area contributed by atoms with E-state index >= 15 is 0 Å². The number of allylic oxidation sites excluding steroid dienone is 5. The molecule has 1 aromatic carbocycles. The van der Waals surface area contributed by atoms with Crippen molar-refractivity contribution in [1.29, 1.82) is 0 Å². The maximum Gasteiger partial charge on any atom is 0.224 e. The zero-order valence-electron chi connectivity index (χ0n) is 18.0. The van der Waals surface area contributed by atoms with Crippen LogP contribution < -0.4 is 5.73 Å². The Hall–Kier alpha value is -3.13. The lowest BCUT2D eigenvalue weighted by Crippen LogP contribution is -2.48. The van der Waals surface area contributed by atoms with Gasteiger partial charge in [-0.1, -0.05) is 36.4 Å². The molecule has 0 fully saturated rings. The Kier molecular flexibility index (Phi) is 6.60. The van der Waals surface area contributed by atoms with E-state index in [0.717, 1.165) is 35.8 Å². The highest BCUT2D eigenvalue weighted by Crippen LogP contribution is 2.25. The van der Waals surface area contributed by atoms with Crippen LogP contribution in [0.25, 0.3) is 0 Å². The van der Waals surface area contributed by atoms with Gasteiger partial charge in [0.25, 0.3) is 0 Å². The third-order valence-corrected chi connectivity index (χ3v) is 5.92. The number of nitrogens with two attached hydrogens (primary N) is 1. The molecular formula is C24H27F2N5O. The number of halogens is 2. The smallest absolute Gasteiger partial charge is 0.224 e. The molecule has 2 N–H and O–H groups in total. The number of nitrogens with zero attached hydrogens (tertiary/aromatic N) is 4. The van der Waals surface area contributed by atoms with Crippen LogP contribution in [0.1, 0.15) is 36.5 Å². The van der Waals surface area contributed by atoms with E-state index in [4.69, 9.17) is 5.73 Å². The van der Waals surface area contributed by atoms with Gasteiger partial charge in [0.15, 0.2) is 17.5 Å². The molecule has 1 aromatic heterocycles. The van der Waals surface area contributed by atoms with E-state index in [9.17, 15) is 13.6 Å². The van der Waals surface area contributed by atoms with E-state index in [1.807, 2.05) is 17.9 Å². The fourth-order valence-electron chi connectivity index (χ4n) is 4.25. The molecule has 2 aliphatic rings. The van der Waals surface area contributed by atoms with Crippen LogP contribution in [-0.2, 0) is 24.3 Å². The van der Waals surface area contributed by atoms with Crippen molar-refractivity contribution in [3.63, 3.8) is 0 Å². The van der Waals surface area contributed by atoms with Gasteiger partial charge in [0, 0.05) is 19.0 Å². The van der Waals surface area contributed by atoms with Crippen molar-refractivity contribution in [1.82, 2.24) is 19.7 Å². The number of hydrogen-bond acceptors (Lipinski definition) is 4. The monoisotopic (exact) mass is 439 g/mol. The molecule has 8 heteroatoms. The molecule has 0 radical (unpaired) electrons. The Morgan fingerprint density at radius 1 is 1.25 bits per heavy atom. The molecule has 1 aliphatic heterocycles. The summed E-state index contributed by atoms with van der Waals surface area (Å²) >= 11 is 0. The Morgan fingerprint density at radius 2 is 2.09 bits per heavy atom. The number of fused-ring (bicyclic) bond motifs is 1. The second-order valence-electron chi connectivity index (χ2n) is 8.38. The molecule has 1 aliphatic carbocycles. The van der Waals surface area contributed by atoms with Gasteiger partial charge in [-0.15, -0.1) is 10.2 Å². The van der Waals surface area contributed by atoms with E-state index in [1.54, 1.807) is 0 Å². The molecule has 0 spiro atoms. The SMILES string of the molecule is Cc1nnc2n1CC(CC1=CC=CCC=C1)N(C(=O)C[C@H](N)Cc1ccc(F)c(F)c1)C2. The Morgan fingerprint density at radius 3 is 2.91 bits per heavy atom. The van der Waals surface area contributed by atoms with Gasteiger partial charge in [-0.25, -0.2) is 8.78 Å². The molecule has 4 rings (SSSR count). The summed E-state index contributed by atoms with van der Waals surface area (Å²) in [5, 5.41) is 8.39. The van der Waals surface area contributed by atoms with E-state index in [2.05, 4.69) is 39.1 Å². The van der Waals surface area contributed by atoms with Crippen LogP contribution in [0.2, 0.25) is 0 Å². The van der Waals surface area contributed by atoms with Crippen LogP contribution in [0.5, 0.6) is 0 Å². The van der Waals surface area contributed by atoms with Crippen molar-refractivity contribution in [2.45, 2.75) is 57.8 Å². The molecule has 1 amide bonds. The zero-order chi connectivity index (χ0) is 22.7. The Labute approximate surface area is 186 Å². The summed E-state index contributed by atoms with van der Waals surface area (Å²) in [5.41, 5.74) is 7.94. The number of amides is 1. The van der Waals surface area contributed by atoms with Crippen LogP contribution in [0.4, 0.5) is 8.78 Å². The molecule has 32 heavy (non-hydrogen) atoms. The highest BCUT2D eigenvalue weighted by Gasteiger charge is 2.32. The van der Waals surface area contributed by atoms with Gasteiger partial charge in [0.2, 0.25) is 5.91 Å². The van der Waals surface area contributed by atoms with Crippen molar-refractivity contribution in [2.75, 3.05) is 0 Å². The van der Waals surface area contributed by atoms with Crippen LogP contribution in [-0.4, -0.2) is 37.7 Å². The van der Waals surface area contributed by atoms with Gasteiger partial charge in [0.05, 0.1) is 12.6 Å². The molecule has 0 saturated heterocycles. The predicted molar refractivity (Wildman–Crippen MR) is 117 cm³/mol. The number of rotatable bonds is 6. The van der Waals surface area contributed by atoms with E-state index < -0.39 is 17.7 Å². The minimum absolute atomic E-state index is 0.0532. The summed E-state index contributed by atoms with van der Waals surface area (Å²) in [6.45, 7) is 2.90. The summed E-state index contributed by atoms with van der Waals surface area (Å²) in [7, 11) is 0. The summed E-state index contributed by atoms with van der Waals surface area (Å²) in [5.74, 6) is -0.300.